The van der Waals surface area contributed by atoms with Crippen LogP contribution in [0.4, 0.5) is 34.1 Å². The van der Waals surface area contributed by atoms with Crippen molar-refractivity contribution in [2.75, 3.05) is 9.80 Å². The van der Waals surface area contributed by atoms with Crippen LogP contribution in [0, 0.1) is 0 Å². The van der Waals surface area contributed by atoms with E-state index in [1.807, 2.05) is 24.3 Å². The van der Waals surface area contributed by atoms with Gasteiger partial charge in [0.15, 0.2) is 0 Å². The first-order valence-electron chi connectivity index (χ1n) is 46.2. The van der Waals surface area contributed by atoms with Gasteiger partial charge in [0, 0.05) is 122 Å². The van der Waals surface area contributed by atoms with Crippen molar-refractivity contribution in [3.63, 3.8) is 0 Å². The third kappa shape index (κ3) is 13.9. The molecular formula is C127H90B3Cl2N4. The summed E-state index contributed by atoms with van der Waals surface area (Å²) in [6.45, 7) is 9.40. The second-order valence-corrected chi connectivity index (χ2v) is 37.4. The van der Waals surface area contributed by atoms with Crippen LogP contribution in [0.25, 0.3) is 186 Å². The molecule has 24 aromatic rings. The molecule has 0 aliphatic heterocycles. The molecule has 9 heteroatoms. The zero-order valence-corrected chi connectivity index (χ0v) is 76.5. The first-order chi connectivity index (χ1) is 66.3. The number of hydrogen-bond acceptors (Lipinski definition) is 2. The number of rotatable bonds is 12. The van der Waals surface area contributed by atoms with E-state index in [0.29, 0.717) is 10.0 Å². The minimum absolute atomic E-state index is 0. The molecule has 2 aromatic heterocycles. The summed E-state index contributed by atoms with van der Waals surface area (Å²) < 4.78 is 4.79. The third-order valence-electron chi connectivity index (χ3n) is 28.4. The van der Waals surface area contributed by atoms with E-state index in [9.17, 15) is 0 Å². The van der Waals surface area contributed by atoms with Gasteiger partial charge in [-0.2, -0.15) is 0 Å². The number of benzene rings is 22. The molecule has 0 spiro atoms. The lowest BCUT2D eigenvalue weighted by atomic mass is 9.40. The molecule has 0 N–H and O–H groups in total. The van der Waals surface area contributed by atoms with Crippen molar-refractivity contribution in [2.24, 2.45) is 0 Å². The topological polar surface area (TPSA) is 16.3 Å². The maximum atomic E-state index is 7.16. The standard InChI is InChI=1S/C63H44Cl2N2.C63H42N2.CH4.B3/c1-63(2)57-25-13-9-21-47(57)48-35-34-46(38-58(48)63)66(43-17-5-3-6-18-43)45-32-29-41(30-33-45)52-39-55(50-23-11-15-27-60(50)65)53(40-54(52)49-22-10-14-26-59(49)64)42-31-36-62-56(37-42)51-24-12-16-28-61(51)67(62)44-19-7-4-8-20-44;1-63(2)59-27-15-13-25-48(59)49-32-30-42(34-60(49)63)64(39-17-5-3-6-18-39)41-29-31-47-51(33-41)43-21-9-10-22-44(43)52-36-55-53(35-54(47)52)45-23-11-12-24-46(45)57-38-62-58(37-56(55)57)50-26-14-16-28-61(50)65(62)40-19-7-4-8-20-40;;1-3-2/h3-40H,1-2H3;3-38H,1-2H3;1H4;. The average Bonchev–Trinajstić information content (AvgIpc) is 1.26. The highest BCUT2D eigenvalue weighted by atomic mass is 35.5. The van der Waals surface area contributed by atoms with Crippen LogP contribution in [0.3, 0.4) is 0 Å². The minimum atomic E-state index is -0.123. The molecule has 136 heavy (non-hydrogen) atoms. The van der Waals surface area contributed by atoms with Gasteiger partial charge in [-0.15, -0.1) is 0 Å². The van der Waals surface area contributed by atoms with Crippen LogP contribution < -0.4 is 9.80 Å². The second kappa shape index (κ2) is 34.1. The number of aromatic nitrogens is 2. The van der Waals surface area contributed by atoms with Crippen LogP contribution in [-0.2, 0) is 10.8 Å². The van der Waals surface area contributed by atoms with Crippen LogP contribution in [0.1, 0.15) is 57.4 Å². The summed E-state index contributed by atoms with van der Waals surface area (Å²) in [5.74, 6) is 0. The van der Waals surface area contributed by atoms with Gasteiger partial charge in [-0.3, -0.25) is 0 Å². The Morgan fingerprint density at radius 3 is 0.978 bits per heavy atom. The zero-order valence-electron chi connectivity index (χ0n) is 75.0. The molecule has 2 aliphatic rings. The van der Waals surface area contributed by atoms with E-state index in [4.69, 9.17) is 23.2 Å². The van der Waals surface area contributed by atoms with Crippen molar-refractivity contribution in [3.05, 3.63) is 481 Å². The number of para-hydroxylation sites is 6. The number of anilines is 6. The van der Waals surface area contributed by atoms with Crippen LogP contribution in [0.15, 0.2) is 449 Å². The van der Waals surface area contributed by atoms with Crippen molar-refractivity contribution in [3.8, 4) is 78.1 Å². The Balaban J connectivity index is 0.000000148. The van der Waals surface area contributed by atoms with Gasteiger partial charge in [-0.1, -0.05) is 337 Å². The van der Waals surface area contributed by atoms with Crippen LogP contribution in [0.2, 0.25) is 10.0 Å². The van der Waals surface area contributed by atoms with E-state index in [0.717, 1.165) is 96.9 Å². The molecule has 2 heterocycles. The molecule has 4 nitrogen and oxygen atoms in total. The Hall–Kier alpha value is -15.6. The molecule has 641 valence electrons. The summed E-state index contributed by atoms with van der Waals surface area (Å²) in [5, 5.41) is 21.5. The number of halogens is 2. The molecular weight excluding hydrogens is 1680 g/mol. The summed E-state index contributed by atoms with van der Waals surface area (Å²) in [5.41, 5.74) is 32.6. The Bertz CT molecular complexity index is 8890. The molecule has 2 aliphatic carbocycles. The monoisotopic (exact) mass is 1770 g/mol. The summed E-state index contributed by atoms with van der Waals surface area (Å²) in [6, 6.07) is 164. The van der Waals surface area contributed by atoms with Crippen LogP contribution >= 0.6 is 23.2 Å². The Morgan fingerprint density at radius 2 is 0.507 bits per heavy atom. The maximum absolute atomic E-state index is 7.16. The van der Waals surface area contributed by atoms with Gasteiger partial charge >= 0.3 is 0 Å². The molecule has 26 rings (SSSR count). The summed E-state index contributed by atoms with van der Waals surface area (Å²) in [6.07, 6.45) is 0. The molecule has 0 saturated heterocycles. The predicted molar refractivity (Wildman–Crippen MR) is 587 cm³/mol. The SMILES string of the molecule is C.CC1(C)c2ccccc2-c2ccc(N(c3ccccc3)c3ccc(-c4cc(-c5ccccc5Cl)c(-c5ccc6c(c5)c5ccccc5n6-c5ccccc5)cc4-c4ccccc4Cl)cc3)cc21.CC1(C)c2ccccc2-c2ccc(N(c3ccccc3)c3ccc4c(c3)c3ccccc3c3cc5c(cc43)c3ccccc3c3cc4c(cc53)c3ccccc3n4-c3ccccc3)cc21.[B][B][B]. The van der Waals surface area contributed by atoms with Gasteiger partial charge in [0.2, 0.25) is 0 Å². The van der Waals surface area contributed by atoms with E-state index in [-0.39, 0.29) is 18.3 Å². The van der Waals surface area contributed by atoms with Crippen molar-refractivity contribution in [1.82, 2.24) is 9.13 Å². The van der Waals surface area contributed by atoms with E-state index in [2.05, 4.69) is 487 Å². The molecule has 0 unspecified atom stereocenters. The van der Waals surface area contributed by atoms with Crippen molar-refractivity contribution in [1.29, 1.82) is 0 Å². The zero-order chi connectivity index (χ0) is 90.9. The lowest BCUT2D eigenvalue weighted by molar-refractivity contribution is 0.660. The Labute approximate surface area is 806 Å². The molecule has 0 atom stereocenters. The van der Waals surface area contributed by atoms with E-state index in [1.54, 1.807) is 0 Å². The highest BCUT2D eigenvalue weighted by Crippen LogP contribution is 2.56. The van der Waals surface area contributed by atoms with E-state index in [1.165, 1.54) is 153 Å². The fraction of sp³-hybridized carbons (Fsp3) is 0.0551. The predicted octanol–water partition coefficient (Wildman–Crippen LogP) is 35.5. The summed E-state index contributed by atoms with van der Waals surface area (Å²) >= 11 is 14.3. The van der Waals surface area contributed by atoms with Gasteiger partial charge in [-0.25, -0.2) is 0 Å². The number of fused-ring (bicyclic) bond motifs is 24. The van der Waals surface area contributed by atoms with Crippen molar-refractivity contribution >= 4 is 188 Å². The molecule has 22 aromatic carbocycles. The molecule has 0 amide bonds. The Kier molecular flexibility index (Phi) is 21.2. The van der Waals surface area contributed by atoms with Gasteiger partial charge in [-0.05, 0) is 312 Å². The fourth-order valence-electron chi connectivity index (χ4n) is 22.2. The maximum Gasteiger partial charge on any atom is 0.0547 e. The van der Waals surface area contributed by atoms with Gasteiger partial charge in [0.25, 0.3) is 0 Å². The highest BCUT2D eigenvalue weighted by molar-refractivity contribution is 7.17. The Morgan fingerprint density at radius 1 is 0.206 bits per heavy atom. The van der Waals surface area contributed by atoms with E-state index >= 15 is 0 Å². The normalized spacial score (nSPS) is 12.6. The van der Waals surface area contributed by atoms with Crippen LogP contribution in [-0.4, -0.2) is 31.7 Å². The van der Waals surface area contributed by atoms with Crippen molar-refractivity contribution in [2.45, 2.75) is 46.0 Å². The lowest BCUT2D eigenvalue weighted by Gasteiger charge is -2.28. The molecule has 0 fully saturated rings. The minimum Gasteiger partial charge on any atom is -0.310 e. The quantitative estimate of drug-likeness (QED) is 0.0689. The van der Waals surface area contributed by atoms with Gasteiger partial charge in [0.05, 0.1) is 22.1 Å². The first kappa shape index (κ1) is 84.6. The van der Waals surface area contributed by atoms with Gasteiger partial charge in [0.1, 0.15) is 0 Å². The number of nitrogens with zero attached hydrogens (tertiary/aromatic N) is 4. The summed E-state index contributed by atoms with van der Waals surface area (Å²) in [7, 11) is 10.0. The third-order valence-corrected chi connectivity index (χ3v) is 29.1. The number of hydrogen-bond donors (Lipinski definition) is 0. The van der Waals surface area contributed by atoms with Crippen molar-refractivity contribution < 1.29 is 0 Å². The average molecular weight is 1780 g/mol. The smallest absolute Gasteiger partial charge is 0.0547 e. The van der Waals surface area contributed by atoms with E-state index < -0.39 is 0 Å². The highest BCUT2D eigenvalue weighted by Gasteiger charge is 2.38. The largest absolute Gasteiger partial charge is 0.310 e. The molecule has 0 bridgehead atoms. The molecule has 5 radical (unpaired) electrons. The van der Waals surface area contributed by atoms with Crippen LogP contribution in [0.5, 0.6) is 0 Å². The lowest BCUT2D eigenvalue weighted by Crippen LogP contribution is -2.16. The fourth-order valence-corrected chi connectivity index (χ4v) is 22.7. The first-order valence-corrected chi connectivity index (χ1v) is 47.0. The summed E-state index contributed by atoms with van der Waals surface area (Å²) in [4.78, 5) is 4.80. The molecule has 0 saturated carbocycles. The van der Waals surface area contributed by atoms with Gasteiger partial charge < -0.3 is 18.9 Å². The second-order valence-electron chi connectivity index (χ2n) is 36.6.